The van der Waals surface area contributed by atoms with Crippen LogP contribution >= 0.6 is 0 Å². The van der Waals surface area contributed by atoms with Crippen molar-refractivity contribution < 1.29 is 22.4 Å². The first-order valence-corrected chi connectivity index (χ1v) is 9.98. The Morgan fingerprint density at radius 1 is 1.12 bits per heavy atom. The normalized spacial score (nSPS) is 13.3. The highest BCUT2D eigenvalue weighted by molar-refractivity contribution is 5.72. The van der Waals surface area contributed by atoms with Crippen LogP contribution in [0.3, 0.4) is 0 Å². The van der Waals surface area contributed by atoms with E-state index in [1.807, 2.05) is 0 Å². The van der Waals surface area contributed by atoms with Gasteiger partial charge < -0.3 is 9.88 Å². The lowest BCUT2D eigenvalue weighted by Crippen LogP contribution is -2.26. The van der Waals surface area contributed by atoms with Gasteiger partial charge in [-0.1, -0.05) is 6.07 Å². The fourth-order valence-electron chi connectivity index (χ4n) is 3.21. The number of likely N-dealkylation sites (N-methyl/N-ethyl adjacent to an activating group) is 1. The van der Waals surface area contributed by atoms with E-state index in [1.54, 1.807) is 24.5 Å². The zero-order chi connectivity index (χ0) is 24.0. The van der Waals surface area contributed by atoms with Crippen molar-refractivity contribution in [2.24, 2.45) is 7.05 Å². The number of imidazole rings is 1. The SMILES string of the molecule is CN1CCc2nc[nH]c2C1.Cn1nc(C(F)F)cc1C=O.FC(F)c1cccc2ccnn12. The summed E-state index contributed by atoms with van der Waals surface area (Å²) in [6.45, 7) is 2.16. The van der Waals surface area contributed by atoms with Gasteiger partial charge in [0.25, 0.3) is 12.9 Å². The second-order valence-corrected chi connectivity index (χ2v) is 7.27. The number of aldehydes is 1. The van der Waals surface area contributed by atoms with E-state index < -0.39 is 12.9 Å². The van der Waals surface area contributed by atoms with Crippen molar-refractivity contribution in [1.82, 2.24) is 34.3 Å². The average Bonchev–Trinajstić information content (AvgIpc) is 3.53. The number of aromatic amines is 1. The number of fused-ring (bicyclic) bond motifs is 2. The van der Waals surface area contributed by atoms with Gasteiger partial charge in [-0.15, -0.1) is 0 Å². The Hall–Kier alpha value is -3.54. The second kappa shape index (κ2) is 10.9. The molecule has 0 unspecified atom stereocenters. The first-order valence-electron chi connectivity index (χ1n) is 9.98. The zero-order valence-electron chi connectivity index (χ0n) is 18.0. The Morgan fingerprint density at radius 3 is 2.55 bits per heavy atom. The van der Waals surface area contributed by atoms with Crippen LogP contribution in [-0.4, -0.2) is 54.1 Å². The Bertz CT molecular complexity index is 1180. The highest BCUT2D eigenvalue weighted by Gasteiger charge is 2.14. The summed E-state index contributed by atoms with van der Waals surface area (Å²) in [6.07, 6.45) is -0.234. The molecule has 1 N–H and O–H groups in total. The third-order valence-electron chi connectivity index (χ3n) is 4.92. The van der Waals surface area contributed by atoms with E-state index >= 15 is 0 Å². The third-order valence-corrected chi connectivity index (χ3v) is 4.92. The largest absolute Gasteiger partial charge is 0.347 e. The number of carbonyl (C=O) groups excluding carboxylic acids is 1. The van der Waals surface area contributed by atoms with Crippen molar-refractivity contribution >= 4 is 11.8 Å². The lowest BCUT2D eigenvalue weighted by Gasteiger charge is -2.20. The maximum atomic E-state index is 12.3. The molecule has 4 aromatic heterocycles. The number of hydrogen-bond donors (Lipinski definition) is 1. The van der Waals surface area contributed by atoms with Crippen LogP contribution < -0.4 is 0 Å². The molecule has 1 aliphatic heterocycles. The number of halogens is 4. The number of aryl methyl sites for hydroxylation is 1. The molecule has 5 heterocycles. The maximum Gasteiger partial charge on any atom is 0.282 e. The molecular formula is C21H23F4N7O. The van der Waals surface area contributed by atoms with Crippen molar-refractivity contribution in [2.75, 3.05) is 13.6 Å². The summed E-state index contributed by atoms with van der Waals surface area (Å²) in [5.41, 5.74) is 2.94. The third kappa shape index (κ3) is 6.04. The number of rotatable bonds is 3. The van der Waals surface area contributed by atoms with Crippen LogP contribution in [0.15, 0.2) is 42.9 Å². The van der Waals surface area contributed by atoms with Gasteiger partial charge in [-0.05, 0) is 31.3 Å². The topological polar surface area (TPSA) is 84.1 Å². The van der Waals surface area contributed by atoms with Crippen LogP contribution in [0.25, 0.3) is 5.52 Å². The van der Waals surface area contributed by atoms with E-state index in [-0.39, 0.29) is 17.1 Å². The standard InChI is InChI=1S/C8H6F2N2.C7H11N3.C6H6F2N2O/c9-8(10)7-3-1-2-6-4-5-11-12(6)7;1-10-3-2-6-7(4-10)9-5-8-6;1-10-4(3-11)2-5(9-10)6(7)8/h1-5,8H;5H,2-4H2,1H3,(H,8,9);2-3,6H,1H3. The van der Waals surface area contributed by atoms with E-state index in [0.717, 1.165) is 30.3 Å². The predicted octanol–water partition coefficient (Wildman–Crippen LogP) is 3.84. The molecule has 4 aromatic rings. The summed E-state index contributed by atoms with van der Waals surface area (Å²) in [5, 5.41) is 7.19. The highest BCUT2D eigenvalue weighted by atomic mass is 19.3. The summed E-state index contributed by atoms with van der Waals surface area (Å²) in [7, 11) is 3.57. The number of hydrogen-bond acceptors (Lipinski definition) is 5. The number of carbonyl (C=O) groups is 1. The lowest BCUT2D eigenvalue weighted by molar-refractivity contribution is 0.111. The second-order valence-electron chi connectivity index (χ2n) is 7.27. The number of pyridine rings is 1. The molecule has 0 saturated carbocycles. The lowest BCUT2D eigenvalue weighted by atomic mass is 10.2. The fraction of sp³-hybridized carbons (Fsp3) is 0.333. The van der Waals surface area contributed by atoms with Gasteiger partial charge in [-0.3, -0.25) is 9.48 Å². The number of alkyl halides is 4. The number of aromatic nitrogens is 6. The van der Waals surface area contributed by atoms with Gasteiger partial charge >= 0.3 is 0 Å². The van der Waals surface area contributed by atoms with Gasteiger partial charge in [0.15, 0.2) is 6.29 Å². The monoisotopic (exact) mass is 465 g/mol. The van der Waals surface area contributed by atoms with Gasteiger partial charge in [0.2, 0.25) is 0 Å². The molecule has 0 amide bonds. The van der Waals surface area contributed by atoms with Crippen molar-refractivity contribution in [3.63, 3.8) is 0 Å². The minimum atomic E-state index is -2.62. The summed E-state index contributed by atoms with van der Waals surface area (Å²) in [6, 6.07) is 7.45. The van der Waals surface area contributed by atoms with E-state index in [2.05, 4.69) is 32.1 Å². The van der Waals surface area contributed by atoms with Gasteiger partial charge in [0.05, 0.1) is 23.2 Å². The minimum absolute atomic E-state index is 0.0718. The number of nitrogens with one attached hydrogen (secondary N) is 1. The fourth-order valence-corrected chi connectivity index (χ4v) is 3.21. The Morgan fingerprint density at radius 2 is 1.91 bits per heavy atom. The molecule has 176 valence electrons. The number of nitrogens with zero attached hydrogens (tertiary/aromatic N) is 6. The van der Waals surface area contributed by atoms with Crippen LogP contribution in [0, 0.1) is 0 Å². The molecular weight excluding hydrogens is 442 g/mol. The summed E-state index contributed by atoms with van der Waals surface area (Å²) < 4.78 is 50.8. The smallest absolute Gasteiger partial charge is 0.282 e. The van der Waals surface area contributed by atoms with Crippen LogP contribution in [0.2, 0.25) is 0 Å². The van der Waals surface area contributed by atoms with Crippen LogP contribution in [0.4, 0.5) is 17.6 Å². The van der Waals surface area contributed by atoms with Crippen molar-refractivity contribution in [3.05, 3.63) is 71.3 Å². The van der Waals surface area contributed by atoms with Crippen LogP contribution in [-0.2, 0) is 20.0 Å². The van der Waals surface area contributed by atoms with Gasteiger partial charge in [-0.2, -0.15) is 10.2 Å². The first-order chi connectivity index (χ1) is 15.8. The Kier molecular flexibility index (Phi) is 7.93. The minimum Gasteiger partial charge on any atom is -0.347 e. The highest BCUT2D eigenvalue weighted by Crippen LogP contribution is 2.19. The first kappa shape index (κ1) is 24.1. The van der Waals surface area contributed by atoms with E-state index in [4.69, 9.17) is 0 Å². The van der Waals surface area contributed by atoms with Crippen LogP contribution in [0.5, 0.6) is 0 Å². The summed E-state index contributed by atoms with van der Waals surface area (Å²) in [4.78, 5) is 19.8. The quantitative estimate of drug-likeness (QED) is 0.367. The molecule has 0 aromatic carbocycles. The molecule has 0 atom stereocenters. The van der Waals surface area contributed by atoms with Crippen molar-refractivity contribution in [3.8, 4) is 0 Å². The molecule has 1 aliphatic rings. The van der Waals surface area contributed by atoms with Gasteiger partial charge in [0.1, 0.15) is 17.1 Å². The molecule has 0 spiro atoms. The van der Waals surface area contributed by atoms with Gasteiger partial charge in [0, 0.05) is 32.8 Å². The summed E-state index contributed by atoms with van der Waals surface area (Å²) in [5.74, 6) is 0. The molecule has 0 aliphatic carbocycles. The molecule has 0 radical (unpaired) electrons. The van der Waals surface area contributed by atoms with Gasteiger partial charge in [-0.25, -0.2) is 27.1 Å². The van der Waals surface area contributed by atoms with Crippen molar-refractivity contribution in [2.45, 2.75) is 25.8 Å². The van der Waals surface area contributed by atoms with E-state index in [9.17, 15) is 22.4 Å². The molecule has 5 rings (SSSR count). The predicted molar refractivity (Wildman–Crippen MR) is 112 cm³/mol. The molecule has 8 nitrogen and oxygen atoms in total. The van der Waals surface area contributed by atoms with Crippen molar-refractivity contribution in [1.29, 1.82) is 0 Å². The molecule has 0 bridgehead atoms. The van der Waals surface area contributed by atoms with E-state index in [0.29, 0.717) is 11.8 Å². The zero-order valence-corrected chi connectivity index (χ0v) is 18.0. The molecule has 0 saturated heterocycles. The molecule has 12 heteroatoms. The summed E-state index contributed by atoms with van der Waals surface area (Å²) >= 11 is 0. The van der Waals surface area contributed by atoms with Crippen LogP contribution in [0.1, 0.15) is 46.1 Å². The van der Waals surface area contributed by atoms with E-state index in [1.165, 1.54) is 35.2 Å². The average molecular weight is 465 g/mol. The molecule has 0 fully saturated rings. The number of H-pyrrole nitrogens is 1. The molecule has 33 heavy (non-hydrogen) atoms. The Labute approximate surface area is 186 Å². The Balaban J connectivity index is 0.000000140. The maximum absolute atomic E-state index is 12.3.